The van der Waals surface area contributed by atoms with Crippen molar-refractivity contribution in [3.63, 3.8) is 0 Å². The maximum atomic E-state index is 11.2. The first kappa shape index (κ1) is 10.8. The van der Waals surface area contributed by atoms with Crippen LogP contribution in [0.3, 0.4) is 0 Å². The molecule has 0 spiro atoms. The maximum Gasteiger partial charge on any atom is 0.0794 e. The Morgan fingerprint density at radius 1 is 1.25 bits per heavy atom. The van der Waals surface area contributed by atoms with Gasteiger partial charge in [0.05, 0.1) is 5.60 Å². The Morgan fingerprint density at radius 2 is 1.94 bits per heavy atom. The highest BCUT2D eigenvalue weighted by Crippen LogP contribution is 2.68. The zero-order valence-electron chi connectivity index (χ0n) is 11.0. The van der Waals surface area contributed by atoms with Gasteiger partial charge in [-0.2, -0.15) is 0 Å². The normalized spacial score (nSPS) is 57.7. The molecule has 1 heteroatoms. The van der Waals surface area contributed by atoms with Crippen LogP contribution in [0.1, 0.15) is 47.0 Å². The van der Waals surface area contributed by atoms with Gasteiger partial charge in [0.15, 0.2) is 0 Å². The van der Waals surface area contributed by atoms with E-state index >= 15 is 0 Å². The zero-order chi connectivity index (χ0) is 11.8. The van der Waals surface area contributed by atoms with Crippen LogP contribution in [-0.2, 0) is 0 Å². The fourth-order valence-electron chi connectivity index (χ4n) is 5.07. The summed E-state index contributed by atoms with van der Waals surface area (Å²) in [5.41, 5.74) is -0.412. The van der Waals surface area contributed by atoms with Gasteiger partial charge in [-0.25, -0.2) is 0 Å². The second kappa shape index (κ2) is 2.75. The molecule has 5 atom stereocenters. The number of hydrogen-bond donors (Lipinski definition) is 1. The minimum Gasteiger partial charge on any atom is -0.388 e. The van der Waals surface area contributed by atoms with Crippen LogP contribution in [0, 0.1) is 28.6 Å². The maximum absolute atomic E-state index is 11.2. The summed E-state index contributed by atoms with van der Waals surface area (Å²) in [6, 6.07) is 0. The van der Waals surface area contributed by atoms with Crippen LogP contribution in [0.2, 0.25) is 0 Å². The molecule has 1 N–H and O–H groups in total. The third-order valence-corrected chi connectivity index (χ3v) is 6.49. The van der Waals surface area contributed by atoms with Gasteiger partial charge in [-0.1, -0.05) is 39.8 Å². The van der Waals surface area contributed by atoms with E-state index in [1.54, 1.807) is 0 Å². The van der Waals surface area contributed by atoms with Crippen LogP contribution in [0.25, 0.3) is 0 Å². The molecule has 0 heterocycles. The summed E-state index contributed by atoms with van der Waals surface area (Å²) in [5.74, 6) is 2.04. The van der Waals surface area contributed by atoms with Gasteiger partial charge >= 0.3 is 0 Å². The van der Waals surface area contributed by atoms with E-state index in [9.17, 15) is 5.11 Å². The first-order valence-electron chi connectivity index (χ1n) is 6.75. The molecule has 4 rings (SSSR count). The minimum absolute atomic E-state index is 0.0168. The van der Waals surface area contributed by atoms with E-state index in [4.69, 9.17) is 0 Å². The van der Waals surface area contributed by atoms with Crippen LogP contribution < -0.4 is 0 Å². The van der Waals surface area contributed by atoms with Gasteiger partial charge in [0.1, 0.15) is 0 Å². The van der Waals surface area contributed by atoms with E-state index in [2.05, 4.69) is 39.8 Å². The lowest BCUT2D eigenvalue weighted by atomic mass is 9.38. The number of hydrogen-bond acceptors (Lipinski definition) is 1. The van der Waals surface area contributed by atoms with E-state index in [-0.39, 0.29) is 10.8 Å². The lowest BCUT2D eigenvalue weighted by Gasteiger charge is -2.69. The molecule has 16 heavy (non-hydrogen) atoms. The highest BCUT2D eigenvalue weighted by Gasteiger charge is 2.68. The molecule has 0 radical (unpaired) electrons. The summed E-state index contributed by atoms with van der Waals surface area (Å²) in [6.07, 6.45) is 8.18. The molecule has 0 saturated heterocycles. The van der Waals surface area contributed by atoms with Crippen molar-refractivity contribution < 1.29 is 5.11 Å². The van der Waals surface area contributed by atoms with Crippen molar-refractivity contribution in [2.75, 3.05) is 0 Å². The predicted molar refractivity (Wildman–Crippen MR) is 66.0 cm³/mol. The van der Waals surface area contributed by atoms with Crippen LogP contribution in [0.15, 0.2) is 12.2 Å². The number of aliphatic hydroxyl groups is 1. The molecule has 90 valence electrons. The Labute approximate surface area is 98.9 Å². The van der Waals surface area contributed by atoms with Gasteiger partial charge in [0, 0.05) is 10.8 Å². The summed E-state index contributed by atoms with van der Waals surface area (Å²) in [7, 11) is 0. The predicted octanol–water partition coefficient (Wildman–Crippen LogP) is 3.39. The van der Waals surface area contributed by atoms with Crippen molar-refractivity contribution in [3.8, 4) is 0 Å². The minimum atomic E-state index is -0.477. The van der Waals surface area contributed by atoms with Gasteiger partial charge in [-0.05, 0) is 37.0 Å². The summed E-state index contributed by atoms with van der Waals surface area (Å²) in [5, 5.41) is 11.2. The summed E-state index contributed by atoms with van der Waals surface area (Å²) in [4.78, 5) is 0. The zero-order valence-corrected chi connectivity index (χ0v) is 11.0. The van der Waals surface area contributed by atoms with Crippen LogP contribution in [-0.4, -0.2) is 10.7 Å². The molecule has 4 bridgehead atoms. The Hall–Kier alpha value is -0.300. The average Bonchev–Trinajstić information content (AvgIpc) is 2.22. The van der Waals surface area contributed by atoms with Crippen molar-refractivity contribution >= 4 is 0 Å². The van der Waals surface area contributed by atoms with E-state index in [0.29, 0.717) is 11.8 Å². The second-order valence-electron chi connectivity index (χ2n) is 7.19. The Kier molecular flexibility index (Phi) is 1.86. The van der Waals surface area contributed by atoms with E-state index in [1.807, 2.05) is 0 Å². The fourth-order valence-corrected chi connectivity index (χ4v) is 5.07. The molecular weight excluding hydrogens is 196 g/mol. The summed E-state index contributed by atoms with van der Waals surface area (Å²) < 4.78 is 0. The molecule has 0 aromatic heterocycles. The topological polar surface area (TPSA) is 20.2 Å². The molecule has 4 aliphatic rings. The van der Waals surface area contributed by atoms with Crippen LogP contribution in [0.5, 0.6) is 0 Å². The lowest BCUT2D eigenvalue weighted by molar-refractivity contribution is -0.244. The van der Waals surface area contributed by atoms with Gasteiger partial charge in [-0.15, -0.1) is 0 Å². The van der Waals surface area contributed by atoms with Gasteiger partial charge in [0.25, 0.3) is 0 Å². The lowest BCUT2D eigenvalue weighted by Crippen LogP contribution is -2.69. The third kappa shape index (κ3) is 0.895. The smallest absolute Gasteiger partial charge is 0.0794 e. The van der Waals surface area contributed by atoms with E-state index in [0.717, 1.165) is 12.3 Å². The van der Waals surface area contributed by atoms with Crippen LogP contribution >= 0.6 is 0 Å². The Bertz CT molecular complexity index is 356. The Balaban J connectivity index is 2.19. The standard InChI is InChI=1S/C15H24O/c1-10-5-8-15(16)13(2,3)11-6-7-14(15,4)12(10)9-11/h6-7,10-12,16H,5,8-9H2,1-4H3/t10-,11+,12-,14-,15+/m0/s1. The van der Waals surface area contributed by atoms with Gasteiger partial charge < -0.3 is 5.11 Å². The second-order valence-corrected chi connectivity index (χ2v) is 7.19. The Morgan fingerprint density at radius 3 is 2.62 bits per heavy atom. The largest absolute Gasteiger partial charge is 0.388 e. The molecular formula is C15H24O. The highest BCUT2D eigenvalue weighted by molar-refractivity contribution is 5.29. The molecule has 0 amide bonds. The quantitative estimate of drug-likeness (QED) is 0.620. The van der Waals surface area contributed by atoms with E-state index < -0.39 is 5.60 Å². The first-order valence-corrected chi connectivity index (χ1v) is 6.75. The summed E-state index contributed by atoms with van der Waals surface area (Å²) in [6.45, 7) is 9.20. The first-order chi connectivity index (χ1) is 7.33. The highest BCUT2D eigenvalue weighted by atomic mass is 16.3. The van der Waals surface area contributed by atoms with Crippen molar-refractivity contribution in [1.82, 2.24) is 0 Å². The molecule has 0 unspecified atom stereocenters. The summed E-state index contributed by atoms with van der Waals surface area (Å²) >= 11 is 0. The van der Waals surface area contributed by atoms with E-state index in [1.165, 1.54) is 12.8 Å². The molecule has 0 aromatic rings. The molecule has 0 aliphatic heterocycles. The monoisotopic (exact) mass is 220 g/mol. The fraction of sp³-hybridized carbons (Fsp3) is 0.867. The molecule has 4 aliphatic carbocycles. The van der Waals surface area contributed by atoms with Crippen molar-refractivity contribution in [2.45, 2.75) is 52.6 Å². The van der Waals surface area contributed by atoms with Crippen molar-refractivity contribution in [2.24, 2.45) is 28.6 Å². The molecule has 0 aromatic carbocycles. The van der Waals surface area contributed by atoms with Gasteiger partial charge in [-0.3, -0.25) is 0 Å². The molecule has 2 fully saturated rings. The van der Waals surface area contributed by atoms with Crippen molar-refractivity contribution in [1.29, 1.82) is 0 Å². The molecule has 2 saturated carbocycles. The number of rotatable bonds is 0. The third-order valence-electron chi connectivity index (χ3n) is 6.49. The van der Waals surface area contributed by atoms with Gasteiger partial charge in [0.2, 0.25) is 0 Å². The average molecular weight is 220 g/mol. The van der Waals surface area contributed by atoms with Crippen molar-refractivity contribution in [3.05, 3.63) is 12.2 Å². The van der Waals surface area contributed by atoms with Crippen LogP contribution in [0.4, 0.5) is 0 Å². The molecule has 1 nitrogen and oxygen atoms in total. The number of allylic oxidation sites excluding steroid dienone is 1. The SMILES string of the molecule is C[C@H]1CC[C@@]2(O)C(C)(C)[C@@H]3C=C[C@@]2(C)[C@H]1C3.